The third-order valence-electron chi connectivity index (χ3n) is 7.50. The summed E-state index contributed by atoms with van der Waals surface area (Å²) in [6.07, 6.45) is -0.215. The molecule has 0 bridgehead atoms. The van der Waals surface area contributed by atoms with E-state index in [2.05, 4.69) is 21.9 Å². The molecule has 0 aromatic carbocycles. The van der Waals surface area contributed by atoms with Crippen molar-refractivity contribution in [2.45, 2.75) is 57.8 Å². The molecule has 33 heavy (non-hydrogen) atoms. The summed E-state index contributed by atoms with van der Waals surface area (Å²) >= 11 is 0. The van der Waals surface area contributed by atoms with Gasteiger partial charge in [0.2, 0.25) is 0 Å². The zero-order valence-electron chi connectivity index (χ0n) is 19.0. The van der Waals surface area contributed by atoms with E-state index < -0.39 is 21.6 Å². The summed E-state index contributed by atoms with van der Waals surface area (Å²) in [6, 6.07) is 3.51. The van der Waals surface area contributed by atoms with Crippen LogP contribution in [0, 0.1) is 11.3 Å². The third-order valence-corrected chi connectivity index (χ3v) is 9.60. The largest absolute Gasteiger partial charge is 0.417 e. The van der Waals surface area contributed by atoms with E-state index in [-0.39, 0.29) is 17.4 Å². The second-order valence-electron chi connectivity index (χ2n) is 10.6. The van der Waals surface area contributed by atoms with E-state index in [4.69, 9.17) is 0 Å². The number of nitrogens with zero attached hydrogens (tertiary/aromatic N) is 4. The summed E-state index contributed by atoms with van der Waals surface area (Å²) in [5.41, 5.74) is 1.12. The van der Waals surface area contributed by atoms with Crippen LogP contribution in [0.5, 0.6) is 0 Å². The minimum atomic E-state index is -4.45. The molecule has 2 saturated heterocycles. The van der Waals surface area contributed by atoms with Gasteiger partial charge in [-0.05, 0) is 44.7 Å². The highest BCUT2D eigenvalue weighted by atomic mass is 32.2. The minimum absolute atomic E-state index is 0.0243. The highest BCUT2D eigenvalue weighted by molar-refractivity contribution is 7.92. The van der Waals surface area contributed by atoms with Crippen LogP contribution >= 0.6 is 0 Å². The molecule has 0 N–H and O–H groups in total. The quantitative estimate of drug-likeness (QED) is 0.655. The maximum absolute atomic E-state index is 13.2. The van der Waals surface area contributed by atoms with E-state index in [1.807, 2.05) is 24.6 Å². The van der Waals surface area contributed by atoms with Gasteiger partial charge in [0, 0.05) is 60.2 Å². The molecular formula is C23H29F3N4O2S. The highest BCUT2D eigenvalue weighted by Crippen LogP contribution is 2.49. The molecular weight excluding hydrogens is 453 g/mol. The fourth-order valence-corrected chi connectivity index (χ4v) is 8.19. The number of rotatable bonds is 4. The first kappa shape index (κ1) is 22.8. The van der Waals surface area contributed by atoms with Crippen LogP contribution in [-0.4, -0.2) is 58.7 Å². The first-order valence-electron chi connectivity index (χ1n) is 11.4. The van der Waals surface area contributed by atoms with Crippen LogP contribution in [-0.2, 0) is 16.0 Å². The monoisotopic (exact) mass is 482 g/mol. The Kier molecular flexibility index (Phi) is 5.21. The van der Waals surface area contributed by atoms with E-state index in [0.29, 0.717) is 34.7 Å². The third kappa shape index (κ3) is 4.09. The Morgan fingerprint density at radius 2 is 1.82 bits per heavy atom. The Balaban J connectivity index is 1.37. The van der Waals surface area contributed by atoms with Crippen molar-refractivity contribution in [1.29, 1.82) is 0 Å². The predicted molar refractivity (Wildman–Crippen MR) is 118 cm³/mol. The van der Waals surface area contributed by atoms with Gasteiger partial charge in [-0.15, -0.1) is 0 Å². The lowest BCUT2D eigenvalue weighted by Crippen LogP contribution is -2.69. The van der Waals surface area contributed by atoms with Crippen molar-refractivity contribution in [3.8, 4) is 11.3 Å². The van der Waals surface area contributed by atoms with Crippen molar-refractivity contribution >= 4 is 9.84 Å². The summed E-state index contributed by atoms with van der Waals surface area (Å²) in [5.74, 6) is 1.28. The lowest BCUT2D eigenvalue weighted by Gasteiger charge is -2.57. The number of aromatic nitrogens is 3. The minimum Gasteiger partial charge on any atom is -0.299 e. The molecule has 180 valence electrons. The molecule has 3 fully saturated rings. The van der Waals surface area contributed by atoms with Crippen LogP contribution in [0.15, 0.2) is 24.5 Å². The molecule has 2 aliphatic heterocycles. The van der Waals surface area contributed by atoms with Crippen molar-refractivity contribution in [2.75, 3.05) is 24.6 Å². The summed E-state index contributed by atoms with van der Waals surface area (Å²) in [5, 5.41) is 4.68. The van der Waals surface area contributed by atoms with Gasteiger partial charge in [0.25, 0.3) is 0 Å². The number of sulfone groups is 1. The smallest absolute Gasteiger partial charge is 0.299 e. The molecule has 4 heterocycles. The number of pyridine rings is 1. The van der Waals surface area contributed by atoms with Crippen LogP contribution in [0.2, 0.25) is 0 Å². The van der Waals surface area contributed by atoms with Gasteiger partial charge >= 0.3 is 6.18 Å². The molecule has 1 aliphatic carbocycles. The van der Waals surface area contributed by atoms with Crippen LogP contribution in [0.3, 0.4) is 0 Å². The maximum Gasteiger partial charge on any atom is 0.417 e. The van der Waals surface area contributed by atoms with Gasteiger partial charge < -0.3 is 0 Å². The molecule has 0 amide bonds. The summed E-state index contributed by atoms with van der Waals surface area (Å²) in [7, 11) is -2.83. The lowest BCUT2D eigenvalue weighted by atomic mass is 9.81. The zero-order chi connectivity index (χ0) is 23.8. The van der Waals surface area contributed by atoms with Gasteiger partial charge in [-0.2, -0.15) is 18.3 Å². The number of alkyl halides is 3. The molecule has 1 saturated carbocycles. The number of halogens is 3. The molecule has 5 rings (SSSR count). The van der Waals surface area contributed by atoms with Gasteiger partial charge in [-0.1, -0.05) is 6.92 Å². The van der Waals surface area contributed by atoms with Gasteiger partial charge in [-0.3, -0.25) is 14.6 Å². The Bertz CT molecular complexity index is 1150. The molecule has 2 aromatic rings. The topological polar surface area (TPSA) is 68.1 Å². The Hall–Kier alpha value is -1.94. The number of hydrogen-bond acceptors (Lipinski definition) is 5. The van der Waals surface area contributed by atoms with Gasteiger partial charge in [0.1, 0.15) is 0 Å². The molecule has 3 aliphatic rings. The van der Waals surface area contributed by atoms with Crippen molar-refractivity contribution < 1.29 is 21.6 Å². The first-order valence-corrected chi connectivity index (χ1v) is 13.2. The van der Waals surface area contributed by atoms with E-state index in [9.17, 15) is 21.6 Å². The molecule has 6 nitrogen and oxygen atoms in total. The Morgan fingerprint density at radius 1 is 1.12 bits per heavy atom. The summed E-state index contributed by atoms with van der Waals surface area (Å²) in [4.78, 5) is 6.21. The van der Waals surface area contributed by atoms with Gasteiger partial charge in [-0.25, -0.2) is 8.42 Å². The van der Waals surface area contributed by atoms with Gasteiger partial charge in [0.05, 0.1) is 22.8 Å². The fraction of sp³-hybridized carbons (Fsp3) is 0.652. The predicted octanol–water partition coefficient (Wildman–Crippen LogP) is 4.16. The Morgan fingerprint density at radius 3 is 2.42 bits per heavy atom. The van der Waals surface area contributed by atoms with E-state index in [1.54, 1.807) is 0 Å². The standard InChI is InChI=1S/C23H29F3N4O2S/c1-14(2)30-21(7-20(28-30)16-5-17(9-27-8-16)23(24,25)26)19-6-18(4-15(19)3)29-10-22(11-29)12-33(31,32)13-22/h5,7-9,14-15,18-19H,4,6,10-13H2,1-3H3/t15?,18?,19-/m1/s1. The van der Waals surface area contributed by atoms with Crippen molar-refractivity contribution in [1.82, 2.24) is 19.7 Å². The fourth-order valence-electron chi connectivity index (χ4n) is 6.05. The SMILES string of the molecule is CC1CC(N2CC3(C2)CS(=O)(=O)C3)C[C@H]1c1cc(-c2cncc(C(F)(F)F)c2)nn1C(C)C. The summed E-state index contributed by atoms with van der Waals surface area (Å²) in [6.45, 7) is 7.97. The second kappa shape index (κ2) is 7.53. The van der Waals surface area contributed by atoms with Gasteiger partial charge in [0.15, 0.2) is 9.84 Å². The van der Waals surface area contributed by atoms with Crippen molar-refractivity contribution in [3.05, 3.63) is 35.8 Å². The van der Waals surface area contributed by atoms with Crippen molar-refractivity contribution in [2.24, 2.45) is 11.3 Å². The van der Waals surface area contributed by atoms with E-state index in [0.717, 1.165) is 43.9 Å². The van der Waals surface area contributed by atoms with E-state index in [1.165, 1.54) is 6.20 Å². The Labute approximate surface area is 192 Å². The van der Waals surface area contributed by atoms with Crippen LogP contribution in [0.4, 0.5) is 13.2 Å². The molecule has 2 unspecified atom stereocenters. The first-order chi connectivity index (χ1) is 15.4. The van der Waals surface area contributed by atoms with Crippen LogP contribution in [0.1, 0.15) is 56.8 Å². The molecule has 0 radical (unpaired) electrons. The van der Waals surface area contributed by atoms with Crippen LogP contribution < -0.4 is 0 Å². The molecule has 1 spiro atoms. The maximum atomic E-state index is 13.2. The van der Waals surface area contributed by atoms with Crippen LogP contribution in [0.25, 0.3) is 11.3 Å². The zero-order valence-corrected chi connectivity index (χ0v) is 19.8. The highest BCUT2D eigenvalue weighted by Gasteiger charge is 2.57. The summed E-state index contributed by atoms with van der Waals surface area (Å²) < 4.78 is 64.7. The average molecular weight is 483 g/mol. The van der Waals surface area contributed by atoms with Crippen molar-refractivity contribution in [3.63, 3.8) is 0 Å². The molecule has 2 aromatic heterocycles. The van der Waals surface area contributed by atoms with E-state index >= 15 is 0 Å². The second-order valence-corrected chi connectivity index (χ2v) is 12.7. The molecule has 3 atom stereocenters. The average Bonchev–Trinajstić information content (AvgIpc) is 3.27. The number of likely N-dealkylation sites (tertiary alicyclic amines) is 1. The molecule has 10 heteroatoms. The number of hydrogen-bond donors (Lipinski definition) is 0. The normalized spacial score (nSPS) is 28.8. The lowest BCUT2D eigenvalue weighted by molar-refractivity contribution is -0.137.